The van der Waals surface area contributed by atoms with Gasteiger partial charge in [0.05, 0.1) is 24.8 Å². The SMILES string of the molecule is COc1ccc(-c2ccc(C(=O)N[C@@H](CC(=O)O)C(=O)O)c(NC(=O)Nc3c(C)cc(C)cc3C)c2)cc1. The Balaban J connectivity index is 1.97. The molecule has 5 N–H and O–H groups in total. The number of ether oxygens (including phenoxy) is 1. The third kappa shape index (κ3) is 6.88. The van der Waals surface area contributed by atoms with E-state index in [9.17, 15) is 24.3 Å². The number of urea groups is 1. The number of aliphatic carboxylic acids is 2. The first-order valence-corrected chi connectivity index (χ1v) is 11.7. The van der Waals surface area contributed by atoms with Gasteiger partial charge in [0.25, 0.3) is 5.91 Å². The predicted molar refractivity (Wildman–Crippen MR) is 143 cm³/mol. The van der Waals surface area contributed by atoms with Gasteiger partial charge in [0.2, 0.25) is 0 Å². The standard InChI is InChI=1S/C28H29N3O7/c1-15-11-16(2)25(17(3)12-15)31-28(37)30-22-13-19(18-5-8-20(38-4)9-6-18)7-10-21(22)26(34)29-23(27(35)36)14-24(32)33/h5-13,23H,14H2,1-4H3,(H,29,34)(H,32,33)(H,35,36)(H2,30,31,37)/t23-/m0/s1. The molecule has 0 fully saturated rings. The van der Waals surface area contributed by atoms with Crippen LogP contribution in [0.4, 0.5) is 16.2 Å². The highest BCUT2D eigenvalue weighted by molar-refractivity contribution is 6.08. The van der Waals surface area contributed by atoms with Crippen LogP contribution in [-0.4, -0.2) is 47.2 Å². The third-order valence-electron chi connectivity index (χ3n) is 5.83. The number of hydrogen-bond acceptors (Lipinski definition) is 5. The topological polar surface area (TPSA) is 154 Å². The Morgan fingerprint density at radius 3 is 2.00 bits per heavy atom. The molecule has 0 saturated carbocycles. The molecule has 198 valence electrons. The number of benzene rings is 3. The monoisotopic (exact) mass is 519 g/mol. The molecule has 0 heterocycles. The molecular formula is C28H29N3O7. The molecule has 38 heavy (non-hydrogen) atoms. The fourth-order valence-corrected chi connectivity index (χ4v) is 4.06. The normalized spacial score (nSPS) is 11.3. The molecule has 0 unspecified atom stereocenters. The second-order valence-electron chi connectivity index (χ2n) is 8.80. The van der Waals surface area contributed by atoms with Crippen LogP contribution in [0.25, 0.3) is 11.1 Å². The third-order valence-corrected chi connectivity index (χ3v) is 5.83. The molecule has 0 aliphatic carbocycles. The molecule has 0 aromatic heterocycles. The van der Waals surface area contributed by atoms with Gasteiger partial charge in [-0.1, -0.05) is 35.9 Å². The van der Waals surface area contributed by atoms with E-state index in [-0.39, 0.29) is 11.3 Å². The summed E-state index contributed by atoms with van der Waals surface area (Å²) in [5, 5.41) is 26.1. The van der Waals surface area contributed by atoms with E-state index < -0.39 is 36.3 Å². The molecule has 10 heteroatoms. The van der Waals surface area contributed by atoms with Crippen LogP contribution in [0.15, 0.2) is 54.6 Å². The molecule has 3 aromatic rings. The summed E-state index contributed by atoms with van der Waals surface area (Å²) in [6.45, 7) is 5.69. The van der Waals surface area contributed by atoms with Crippen molar-refractivity contribution in [2.45, 2.75) is 33.2 Å². The van der Waals surface area contributed by atoms with Gasteiger partial charge < -0.3 is 30.9 Å². The molecule has 0 aliphatic rings. The summed E-state index contributed by atoms with van der Waals surface area (Å²) >= 11 is 0. The fourth-order valence-electron chi connectivity index (χ4n) is 4.06. The van der Waals surface area contributed by atoms with Gasteiger partial charge in [-0.25, -0.2) is 9.59 Å². The summed E-state index contributed by atoms with van der Waals surface area (Å²) in [4.78, 5) is 48.6. The number of nitrogens with one attached hydrogen (secondary N) is 3. The molecule has 1 atom stereocenters. The number of carbonyl (C=O) groups is 4. The van der Waals surface area contributed by atoms with Crippen molar-refractivity contribution in [1.82, 2.24) is 5.32 Å². The van der Waals surface area contributed by atoms with Crippen LogP contribution >= 0.6 is 0 Å². The maximum absolute atomic E-state index is 13.0. The van der Waals surface area contributed by atoms with Gasteiger partial charge in [-0.15, -0.1) is 0 Å². The van der Waals surface area contributed by atoms with Gasteiger partial charge >= 0.3 is 18.0 Å². The van der Waals surface area contributed by atoms with E-state index in [2.05, 4.69) is 16.0 Å². The van der Waals surface area contributed by atoms with E-state index in [0.29, 0.717) is 17.0 Å². The summed E-state index contributed by atoms with van der Waals surface area (Å²) in [6.07, 6.45) is -0.805. The van der Waals surface area contributed by atoms with Crippen LogP contribution in [0.2, 0.25) is 0 Å². The Labute approximate surface area is 219 Å². The Bertz CT molecular complexity index is 1360. The minimum atomic E-state index is -1.65. The van der Waals surface area contributed by atoms with E-state index in [1.807, 2.05) is 45.0 Å². The number of anilines is 2. The smallest absolute Gasteiger partial charge is 0.326 e. The van der Waals surface area contributed by atoms with Crippen LogP contribution < -0.4 is 20.7 Å². The van der Waals surface area contributed by atoms with E-state index >= 15 is 0 Å². The maximum Gasteiger partial charge on any atom is 0.326 e. The van der Waals surface area contributed by atoms with E-state index in [1.165, 1.54) is 6.07 Å². The predicted octanol–water partition coefficient (Wildman–Crippen LogP) is 4.59. The highest BCUT2D eigenvalue weighted by Crippen LogP contribution is 2.28. The maximum atomic E-state index is 13.0. The van der Waals surface area contributed by atoms with Crippen molar-refractivity contribution in [3.63, 3.8) is 0 Å². The number of rotatable bonds is 9. The number of methoxy groups -OCH3 is 1. The van der Waals surface area contributed by atoms with Crippen molar-refractivity contribution in [3.05, 3.63) is 76.9 Å². The highest BCUT2D eigenvalue weighted by atomic mass is 16.5. The van der Waals surface area contributed by atoms with Gasteiger partial charge in [0.1, 0.15) is 11.8 Å². The average molecular weight is 520 g/mol. The zero-order valence-electron chi connectivity index (χ0n) is 21.4. The van der Waals surface area contributed by atoms with E-state index in [0.717, 1.165) is 22.3 Å². The van der Waals surface area contributed by atoms with Crippen LogP contribution in [0.1, 0.15) is 33.5 Å². The van der Waals surface area contributed by atoms with Gasteiger partial charge in [-0.2, -0.15) is 0 Å². The van der Waals surface area contributed by atoms with Gasteiger partial charge in [-0.3, -0.25) is 9.59 Å². The largest absolute Gasteiger partial charge is 0.497 e. The first kappa shape index (κ1) is 27.7. The molecular weight excluding hydrogens is 490 g/mol. The highest BCUT2D eigenvalue weighted by Gasteiger charge is 2.25. The van der Waals surface area contributed by atoms with Gasteiger partial charge in [-0.05, 0) is 67.3 Å². The second-order valence-corrected chi connectivity index (χ2v) is 8.80. The van der Waals surface area contributed by atoms with Crippen molar-refractivity contribution in [2.24, 2.45) is 0 Å². The first-order valence-electron chi connectivity index (χ1n) is 11.7. The molecule has 0 bridgehead atoms. The number of carbonyl (C=O) groups excluding carboxylic acids is 2. The zero-order valence-corrected chi connectivity index (χ0v) is 21.4. The number of carboxylic acids is 2. The van der Waals surface area contributed by atoms with Crippen molar-refractivity contribution in [1.29, 1.82) is 0 Å². The average Bonchev–Trinajstić information content (AvgIpc) is 2.85. The lowest BCUT2D eigenvalue weighted by Crippen LogP contribution is -2.42. The summed E-state index contributed by atoms with van der Waals surface area (Å²) < 4.78 is 5.19. The van der Waals surface area contributed by atoms with E-state index in [1.54, 1.807) is 31.4 Å². The fraction of sp³-hybridized carbons (Fsp3) is 0.214. The number of hydrogen-bond donors (Lipinski definition) is 5. The first-order chi connectivity index (χ1) is 18.0. The van der Waals surface area contributed by atoms with Crippen molar-refractivity contribution in [2.75, 3.05) is 17.7 Å². The van der Waals surface area contributed by atoms with Crippen molar-refractivity contribution < 1.29 is 34.1 Å². The lowest BCUT2D eigenvalue weighted by Gasteiger charge is -2.18. The molecule has 0 aliphatic heterocycles. The Hall–Kier alpha value is -4.86. The summed E-state index contributed by atoms with van der Waals surface area (Å²) in [5.74, 6) is -3.07. The molecule has 10 nitrogen and oxygen atoms in total. The van der Waals surface area contributed by atoms with Gasteiger partial charge in [0, 0.05) is 5.69 Å². The Kier molecular flexibility index (Phi) is 8.69. The molecule has 0 saturated heterocycles. The summed E-state index contributed by atoms with van der Waals surface area (Å²) in [5.41, 5.74) is 4.91. The van der Waals surface area contributed by atoms with Crippen LogP contribution in [-0.2, 0) is 9.59 Å². The molecule has 3 aromatic carbocycles. The van der Waals surface area contributed by atoms with Crippen molar-refractivity contribution in [3.8, 4) is 16.9 Å². The summed E-state index contributed by atoms with van der Waals surface area (Å²) in [6, 6.07) is 13.4. The van der Waals surface area contributed by atoms with Gasteiger partial charge in [0.15, 0.2) is 0 Å². The lowest BCUT2D eigenvalue weighted by molar-refractivity contribution is -0.145. The van der Waals surface area contributed by atoms with Crippen LogP contribution in [0.3, 0.4) is 0 Å². The summed E-state index contributed by atoms with van der Waals surface area (Å²) in [7, 11) is 1.55. The Morgan fingerprint density at radius 2 is 1.45 bits per heavy atom. The Morgan fingerprint density at radius 1 is 0.842 bits per heavy atom. The van der Waals surface area contributed by atoms with Crippen molar-refractivity contribution >= 4 is 35.3 Å². The molecule has 3 amide bonds. The number of carboxylic acid groups (broad SMARTS) is 2. The van der Waals surface area contributed by atoms with Crippen LogP contribution in [0, 0.1) is 20.8 Å². The second kappa shape index (κ2) is 11.9. The quantitative estimate of drug-likeness (QED) is 0.277. The number of amides is 3. The molecule has 3 rings (SSSR count). The minimum absolute atomic E-state index is 0.0357. The van der Waals surface area contributed by atoms with Crippen LogP contribution in [0.5, 0.6) is 5.75 Å². The number of aryl methyl sites for hydroxylation is 3. The lowest BCUT2D eigenvalue weighted by atomic mass is 10.0. The molecule has 0 spiro atoms. The zero-order chi connectivity index (χ0) is 28.0. The van der Waals surface area contributed by atoms with E-state index in [4.69, 9.17) is 9.84 Å². The molecule has 0 radical (unpaired) electrons. The minimum Gasteiger partial charge on any atom is -0.497 e.